The Balaban J connectivity index is 2.18. The van der Waals surface area contributed by atoms with E-state index in [1.165, 1.54) is 0 Å². The summed E-state index contributed by atoms with van der Waals surface area (Å²) in [5, 5.41) is 12.8. The Morgan fingerprint density at radius 2 is 2.00 bits per heavy atom. The van der Waals surface area contributed by atoms with Crippen molar-refractivity contribution < 1.29 is 14.6 Å². The third-order valence-corrected chi connectivity index (χ3v) is 3.67. The molecule has 0 saturated carbocycles. The van der Waals surface area contributed by atoms with Gasteiger partial charge in [0.1, 0.15) is 5.75 Å². The Bertz CT molecular complexity index is 772. The molecule has 2 N–H and O–H groups in total. The largest absolute Gasteiger partial charge is 0.508 e. The first-order chi connectivity index (χ1) is 11.1. The van der Waals surface area contributed by atoms with Crippen molar-refractivity contribution in [2.24, 2.45) is 4.99 Å². The average Bonchev–Trinajstić information content (AvgIpc) is 2.66. The first kappa shape index (κ1) is 15.5. The van der Waals surface area contributed by atoms with Crippen LogP contribution >= 0.6 is 11.6 Å². The first-order valence-corrected chi connectivity index (χ1v) is 7.56. The van der Waals surface area contributed by atoms with Crippen LogP contribution in [0.4, 0.5) is 5.69 Å². The number of ether oxygens (including phenoxy) is 1. The van der Waals surface area contributed by atoms with E-state index in [-0.39, 0.29) is 11.7 Å². The van der Waals surface area contributed by atoms with Gasteiger partial charge in [-0.1, -0.05) is 11.6 Å². The molecule has 1 aliphatic rings. The van der Waals surface area contributed by atoms with Crippen molar-refractivity contribution in [3.8, 4) is 5.75 Å². The minimum absolute atomic E-state index is 0.157. The molecule has 6 heteroatoms. The summed E-state index contributed by atoms with van der Waals surface area (Å²) >= 11 is 6.10. The van der Waals surface area contributed by atoms with Crippen LogP contribution in [0, 0.1) is 0 Å². The number of carbonyl (C=O) groups is 1. The number of rotatable bonds is 3. The second-order valence-electron chi connectivity index (χ2n) is 5.01. The number of amides is 1. The fourth-order valence-corrected chi connectivity index (χ4v) is 2.55. The van der Waals surface area contributed by atoms with Gasteiger partial charge in [0.05, 0.1) is 11.4 Å². The lowest BCUT2D eigenvalue weighted by molar-refractivity contribution is -0.126. The van der Waals surface area contributed by atoms with Gasteiger partial charge in [-0.05, 0) is 49.4 Å². The van der Waals surface area contributed by atoms with Crippen molar-refractivity contribution in [3.63, 3.8) is 0 Å². The van der Waals surface area contributed by atoms with Crippen molar-refractivity contribution in [1.29, 1.82) is 0 Å². The lowest BCUT2D eigenvalue weighted by atomic mass is 10.0. The van der Waals surface area contributed by atoms with Crippen molar-refractivity contribution >= 4 is 28.9 Å². The minimum atomic E-state index is -0.935. The monoisotopic (exact) mass is 330 g/mol. The molecule has 1 atom stereocenters. The molecule has 5 nitrogen and oxygen atoms in total. The lowest BCUT2D eigenvalue weighted by Gasteiger charge is -2.10. The summed E-state index contributed by atoms with van der Waals surface area (Å²) in [6.45, 7) is 2.17. The summed E-state index contributed by atoms with van der Waals surface area (Å²) in [7, 11) is 0. The first-order valence-electron chi connectivity index (χ1n) is 7.18. The number of benzene rings is 2. The number of hydrogen-bond acceptors (Lipinski definition) is 4. The van der Waals surface area contributed by atoms with Gasteiger partial charge in [-0.2, -0.15) is 0 Å². The number of nitrogens with zero attached hydrogens (tertiary/aromatic N) is 1. The Labute approximate surface area is 138 Å². The van der Waals surface area contributed by atoms with Gasteiger partial charge in [-0.25, -0.2) is 4.99 Å². The van der Waals surface area contributed by atoms with Crippen LogP contribution in [0.3, 0.4) is 0 Å². The maximum atomic E-state index is 12.3. The molecule has 23 heavy (non-hydrogen) atoms. The van der Waals surface area contributed by atoms with Gasteiger partial charge in [0.25, 0.3) is 5.91 Å². The highest BCUT2D eigenvalue weighted by Crippen LogP contribution is 2.28. The van der Waals surface area contributed by atoms with Gasteiger partial charge in [0.15, 0.2) is 0 Å². The van der Waals surface area contributed by atoms with Crippen molar-refractivity contribution in [1.82, 2.24) is 0 Å². The summed E-state index contributed by atoms with van der Waals surface area (Å²) in [6.07, 6.45) is -0.935. The van der Waals surface area contributed by atoms with Crippen LogP contribution in [-0.2, 0) is 9.53 Å². The molecule has 1 amide bonds. The molecular formula is C17H15ClN2O3. The van der Waals surface area contributed by atoms with Gasteiger partial charge in [-0.15, -0.1) is 0 Å². The summed E-state index contributed by atoms with van der Waals surface area (Å²) in [4.78, 5) is 16.7. The van der Waals surface area contributed by atoms with E-state index in [1.54, 1.807) is 49.4 Å². The molecule has 118 valence electrons. The van der Waals surface area contributed by atoms with Crippen LogP contribution in [0.5, 0.6) is 5.75 Å². The molecule has 1 aliphatic heterocycles. The van der Waals surface area contributed by atoms with E-state index in [2.05, 4.69) is 10.3 Å². The Kier molecular flexibility index (Phi) is 4.32. The fraction of sp³-hybridized carbons (Fsp3) is 0.176. The number of anilines is 1. The van der Waals surface area contributed by atoms with Gasteiger partial charge >= 0.3 is 0 Å². The number of halogens is 1. The molecule has 3 rings (SSSR count). The van der Waals surface area contributed by atoms with E-state index in [1.807, 2.05) is 0 Å². The number of hydrogen-bond donors (Lipinski definition) is 2. The van der Waals surface area contributed by atoms with Crippen LogP contribution in [0.15, 0.2) is 47.5 Å². The normalized spacial score (nSPS) is 17.0. The van der Waals surface area contributed by atoms with Gasteiger partial charge in [0, 0.05) is 22.8 Å². The van der Waals surface area contributed by atoms with Crippen molar-refractivity contribution in [2.75, 3.05) is 11.9 Å². The highest BCUT2D eigenvalue weighted by Gasteiger charge is 2.26. The number of aliphatic imine (C=N–C) groups is 1. The second-order valence-corrected chi connectivity index (χ2v) is 5.45. The van der Waals surface area contributed by atoms with Gasteiger partial charge in [0.2, 0.25) is 6.23 Å². The molecule has 2 aromatic carbocycles. The third kappa shape index (κ3) is 3.21. The van der Waals surface area contributed by atoms with Crippen LogP contribution < -0.4 is 5.32 Å². The maximum absolute atomic E-state index is 12.3. The van der Waals surface area contributed by atoms with Crippen LogP contribution in [0.2, 0.25) is 5.02 Å². The van der Waals surface area contributed by atoms with Gasteiger partial charge < -0.3 is 15.2 Å². The zero-order valence-corrected chi connectivity index (χ0v) is 13.2. The van der Waals surface area contributed by atoms with Crippen LogP contribution in [-0.4, -0.2) is 29.6 Å². The molecular weight excluding hydrogens is 316 g/mol. The summed E-state index contributed by atoms with van der Waals surface area (Å²) in [6, 6.07) is 11.8. The van der Waals surface area contributed by atoms with E-state index in [0.717, 1.165) is 5.56 Å². The van der Waals surface area contributed by atoms with E-state index in [9.17, 15) is 9.90 Å². The summed E-state index contributed by atoms with van der Waals surface area (Å²) in [5.74, 6) is -0.172. The summed E-state index contributed by atoms with van der Waals surface area (Å²) in [5.41, 5.74) is 2.67. The van der Waals surface area contributed by atoms with Crippen LogP contribution in [0.1, 0.15) is 18.1 Å². The molecule has 2 aromatic rings. The third-order valence-electron chi connectivity index (χ3n) is 3.43. The summed E-state index contributed by atoms with van der Waals surface area (Å²) < 4.78 is 5.43. The standard InChI is InChI=1S/C17H15ClN2O3/c1-2-23-17-16(22)19-14-8-5-11(18)9-13(14)15(20-17)10-3-6-12(21)7-4-10/h3-9,17,21H,2H2,1H3,(H,19,22). The van der Waals surface area contributed by atoms with Crippen molar-refractivity contribution in [2.45, 2.75) is 13.2 Å². The van der Waals surface area contributed by atoms with E-state index in [4.69, 9.17) is 16.3 Å². The van der Waals surface area contributed by atoms with E-state index >= 15 is 0 Å². The number of carbonyl (C=O) groups excluding carboxylic acids is 1. The molecule has 0 spiro atoms. The zero-order valence-electron chi connectivity index (χ0n) is 12.4. The van der Waals surface area contributed by atoms with Crippen LogP contribution in [0.25, 0.3) is 0 Å². The Morgan fingerprint density at radius 3 is 2.70 bits per heavy atom. The SMILES string of the molecule is CCOC1N=C(c2ccc(O)cc2)c2cc(Cl)ccc2NC1=O. The predicted octanol–water partition coefficient (Wildman–Crippen LogP) is 3.20. The molecule has 1 unspecified atom stereocenters. The molecule has 0 fully saturated rings. The molecule has 0 radical (unpaired) electrons. The number of phenolic OH excluding ortho intramolecular Hbond substituents is 1. The zero-order chi connectivity index (χ0) is 16.4. The fourth-order valence-electron chi connectivity index (χ4n) is 2.38. The molecule has 1 heterocycles. The highest BCUT2D eigenvalue weighted by atomic mass is 35.5. The van der Waals surface area contributed by atoms with E-state index in [0.29, 0.717) is 28.6 Å². The molecule has 0 aromatic heterocycles. The number of phenols is 1. The van der Waals surface area contributed by atoms with E-state index < -0.39 is 6.23 Å². The number of aromatic hydroxyl groups is 1. The Hall–Kier alpha value is -2.37. The minimum Gasteiger partial charge on any atom is -0.508 e. The highest BCUT2D eigenvalue weighted by molar-refractivity contribution is 6.32. The number of nitrogens with one attached hydrogen (secondary N) is 1. The Morgan fingerprint density at radius 1 is 1.26 bits per heavy atom. The molecule has 0 aliphatic carbocycles. The second kappa shape index (κ2) is 6.40. The smallest absolute Gasteiger partial charge is 0.276 e. The maximum Gasteiger partial charge on any atom is 0.276 e. The van der Waals surface area contributed by atoms with Gasteiger partial charge in [-0.3, -0.25) is 4.79 Å². The molecule has 0 bridgehead atoms. The number of fused-ring (bicyclic) bond motifs is 1. The topological polar surface area (TPSA) is 70.9 Å². The molecule has 0 saturated heterocycles. The number of benzodiazepines with no additional fused rings is 1. The predicted molar refractivity (Wildman–Crippen MR) is 89.2 cm³/mol. The average molecular weight is 331 g/mol. The van der Waals surface area contributed by atoms with Crippen molar-refractivity contribution in [3.05, 3.63) is 58.6 Å². The quantitative estimate of drug-likeness (QED) is 0.907. The lowest BCUT2D eigenvalue weighted by Crippen LogP contribution is -2.28.